The molecule has 4 nitrogen and oxygen atoms in total. The summed E-state index contributed by atoms with van der Waals surface area (Å²) in [6.45, 7) is 4.18. The third kappa shape index (κ3) is 3.75. The van der Waals surface area contributed by atoms with Gasteiger partial charge < -0.3 is 9.47 Å². The van der Waals surface area contributed by atoms with E-state index in [2.05, 4.69) is 0 Å². The Hall–Kier alpha value is -1.08. The predicted octanol–water partition coefficient (Wildman–Crippen LogP) is 1.51. The largest absolute Gasteiger partial charge is 0.465 e. The third-order valence-electron chi connectivity index (χ3n) is 2.00. The van der Waals surface area contributed by atoms with Crippen LogP contribution in [-0.2, 0) is 14.3 Å². The smallest absolute Gasteiger partial charge is 0.326 e. The van der Waals surface area contributed by atoms with Gasteiger partial charge in [-0.3, -0.25) is 4.79 Å². The van der Waals surface area contributed by atoms with E-state index in [9.17, 15) is 4.79 Å². The first-order valence-corrected chi connectivity index (χ1v) is 4.68. The second-order valence-electron chi connectivity index (χ2n) is 3.26. The summed E-state index contributed by atoms with van der Waals surface area (Å²) < 4.78 is 9.69. The summed E-state index contributed by atoms with van der Waals surface area (Å²) in [6, 6.07) is 1.99. The molecule has 0 bridgehead atoms. The second-order valence-corrected chi connectivity index (χ2v) is 3.26. The Labute approximate surface area is 84.8 Å². The first-order chi connectivity index (χ1) is 6.60. The fourth-order valence-corrected chi connectivity index (χ4v) is 1.06. The van der Waals surface area contributed by atoms with Crippen molar-refractivity contribution < 1.29 is 14.3 Å². The van der Waals surface area contributed by atoms with E-state index in [4.69, 9.17) is 14.7 Å². The van der Waals surface area contributed by atoms with Crippen LogP contribution in [0.5, 0.6) is 0 Å². The SMILES string of the molecule is CCOC(=O)C(C)(C#N)CCCOC. The van der Waals surface area contributed by atoms with Crippen LogP contribution in [0.15, 0.2) is 0 Å². The molecule has 1 atom stereocenters. The summed E-state index contributed by atoms with van der Waals surface area (Å²) in [4.78, 5) is 11.4. The molecular formula is C10H17NO3. The lowest BCUT2D eigenvalue weighted by atomic mass is 9.87. The second kappa shape index (κ2) is 6.39. The van der Waals surface area contributed by atoms with Gasteiger partial charge in [0.05, 0.1) is 12.7 Å². The number of hydrogen-bond donors (Lipinski definition) is 0. The highest BCUT2D eigenvalue weighted by molar-refractivity contribution is 5.79. The van der Waals surface area contributed by atoms with Crippen LogP contribution in [0.25, 0.3) is 0 Å². The first-order valence-electron chi connectivity index (χ1n) is 4.68. The number of methoxy groups -OCH3 is 1. The van der Waals surface area contributed by atoms with E-state index < -0.39 is 11.4 Å². The first kappa shape index (κ1) is 12.9. The lowest BCUT2D eigenvalue weighted by Crippen LogP contribution is -2.28. The van der Waals surface area contributed by atoms with Crippen molar-refractivity contribution in [1.29, 1.82) is 5.26 Å². The summed E-state index contributed by atoms with van der Waals surface area (Å²) in [5.74, 6) is -0.446. The molecule has 0 heterocycles. The van der Waals surface area contributed by atoms with Crippen molar-refractivity contribution in [3.8, 4) is 6.07 Å². The monoisotopic (exact) mass is 199 g/mol. The molecule has 0 radical (unpaired) electrons. The van der Waals surface area contributed by atoms with Crippen molar-refractivity contribution in [2.45, 2.75) is 26.7 Å². The molecule has 4 heteroatoms. The maximum atomic E-state index is 11.4. The van der Waals surface area contributed by atoms with E-state index in [0.29, 0.717) is 26.1 Å². The van der Waals surface area contributed by atoms with Gasteiger partial charge in [-0.1, -0.05) is 0 Å². The molecule has 0 aromatic heterocycles. The zero-order valence-corrected chi connectivity index (χ0v) is 9.00. The maximum absolute atomic E-state index is 11.4. The molecule has 0 fully saturated rings. The highest BCUT2D eigenvalue weighted by Gasteiger charge is 2.34. The number of rotatable bonds is 6. The molecular weight excluding hydrogens is 182 g/mol. The summed E-state index contributed by atoms with van der Waals surface area (Å²) in [5.41, 5.74) is -1.03. The van der Waals surface area contributed by atoms with Crippen LogP contribution >= 0.6 is 0 Å². The lowest BCUT2D eigenvalue weighted by molar-refractivity contribution is -0.151. The van der Waals surface area contributed by atoms with Gasteiger partial charge in [-0.05, 0) is 26.7 Å². The molecule has 14 heavy (non-hydrogen) atoms. The number of hydrogen-bond acceptors (Lipinski definition) is 4. The normalized spacial score (nSPS) is 14.1. The minimum Gasteiger partial charge on any atom is -0.465 e. The molecule has 0 N–H and O–H groups in total. The molecule has 0 aromatic rings. The van der Waals surface area contributed by atoms with Crippen LogP contribution in [0.1, 0.15) is 26.7 Å². The van der Waals surface area contributed by atoms with Gasteiger partial charge in [-0.15, -0.1) is 0 Å². The Morgan fingerprint density at radius 2 is 2.21 bits per heavy atom. The molecule has 0 saturated heterocycles. The van der Waals surface area contributed by atoms with E-state index in [1.54, 1.807) is 21.0 Å². The predicted molar refractivity (Wildman–Crippen MR) is 51.5 cm³/mol. The summed E-state index contributed by atoms with van der Waals surface area (Å²) in [5, 5.41) is 8.89. The number of nitrogens with zero attached hydrogens (tertiary/aromatic N) is 1. The highest BCUT2D eigenvalue weighted by atomic mass is 16.5. The molecule has 1 unspecified atom stereocenters. The fraction of sp³-hybridized carbons (Fsp3) is 0.800. The average Bonchev–Trinajstić information content (AvgIpc) is 2.18. The van der Waals surface area contributed by atoms with Gasteiger partial charge in [0.15, 0.2) is 5.41 Å². The molecule has 0 aromatic carbocycles. The minimum absolute atomic E-state index is 0.306. The third-order valence-corrected chi connectivity index (χ3v) is 2.00. The molecule has 0 saturated carbocycles. The standard InChI is InChI=1S/C10H17NO3/c1-4-14-9(12)10(2,8-11)6-5-7-13-3/h4-7H2,1-3H3. The van der Waals surface area contributed by atoms with Crippen molar-refractivity contribution >= 4 is 5.97 Å². The van der Waals surface area contributed by atoms with E-state index in [1.165, 1.54) is 0 Å². The lowest BCUT2D eigenvalue weighted by Gasteiger charge is -2.18. The van der Waals surface area contributed by atoms with Gasteiger partial charge >= 0.3 is 5.97 Å². The fourth-order valence-electron chi connectivity index (χ4n) is 1.06. The van der Waals surface area contributed by atoms with Crippen LogP contribution < -0.4 is 0 Å². The van der Waals surface area contributed by atoms with Gasteiger partial charge in [-0.25, -0.2) is 0 Å². The molecule has 0 amide bonds. The summed E-state index contributed by atoms with van der Waals surface area (Å²) >= 11 is 0. The van der Waals surface area contributed by atoms with Crippen LogP contribution in [0.4, 0.5) is 0 Å². The molecule has 0 rings (SSSR count). The van der Waals surface area contributed by atoms with E-state index in [-0.39, 0.29) is 0 Å². The van der Waals surface area contributed by atoms with Crippen molar-refractivity contribution in [2.75, 3.05) is 20.3 Å². The Bertz CT molecular complexity index is 222. The zero-order chi connectivity index (χ0) is 11.0. The quantitative estimate of drug-likeness (QED) is 0.480. The zero-order valence-electron chi connectivity index (χ0n) is 9.00. The van der Waals surface area contributed by atoms with Crippen LogP contribution in [0.3, 0.4) is 0 Å². The number of ether oxygens (including phenoxy) is 2. The Morgan fingerprint density at radius 1 is 1.57 bits per heavy atom. The minimum atomic E-state index is -1.03. The van der Waals surface area contributed by atoms with E-state index in [1.807, 2.05) is 6.07 Å². The average molecular weight is 199 g/mol. The number of nitriles is 1. The topological polar surface area (TPSA) is 59.3 Å². The van der Waals surface area contributed by atoms with Gasteiger partial charge in [0.1, 0.15) is 0 Å². The summed E-state index contributed by atoms with van der Waals surface area (Å²) in [7, 11) is 1.59. The number of carbonyl (C=O) groups excluding carboxylic acids is 1. The van der Waals surface area contributed by atoms with Crippen LogP contribution in [0.2, 0.25) is 0 Å². The number of esters is 1. The van der Waals surface area contributed by atoms with Gasteiger partial charge in [-0.2, -0.15) is 5.26 Å². The number of carbonyl (C=O) groups is 1. The summed E-state index contributed by atoms with van der Waals surface area (Å²) in [6.07, 6.45) is 1.15. The van der Waals surface area contributed by atoms with Crippen molar-refractivity contribution in [3.05, 3.63) is 0 Å². The van der Waals surface area contributed by atoms with Crippen LogP contribution in [-0.4, -0.2) is 26.3 Å². The highest BCUT2D eigenvalue weighted by Crippen LogP contribution is 2.23. The van der Waals surface area contributed by atoms with Crippen molar-refractivity contribution in [3.63, 3.8) is 0 Å². The van der Waals surface area contributed by atoms with Crippen molar-refractivity contribution in [2.24, 2.45) is 5.41 Å². The molecule has 0 aliphatic carbocycles. The van der Waals surface area contributed by atoms with Crippen LogP contribution in [0, 0.1) is 16.7 Å². The molecule has 80 valence electrons. The Morgan fingerprint density at radius 3 is 2.64 bits per heavy atom. The Kier molecular flexibility index (Phi) is 5.89. The van der Waals surface area contributed by atoms with Gasteiger partial charge in [0.25, 0.3) is 0 Å². The maximum Gasteiger partial charge on any atom is 0.326 e. The van der Waals surface area contributed by atoms with Crippen molar-refractivity contribution in [1.82, 2.24) is 0 Å². The van der Waals surface area contributed by atoms with Gasteiger partial charge in [0, 0.05) is 13.7 Å². The van der Waals surface area contributed by atoms with E-state index in [0.717, 1.165) is 0 Å². The van der Waals surface area contributed by atoms with Gasteiger partial charge in [0.2, 0.25) is 0 Å². The van der Waals surface area contributed by atoms with E-state index >= 15 is 0 Å². The molecule has 0 aliphatic heterocycles. The molecule has 0 spiro atoms. The molecule has 0 aliphatic rings. The Balaban J connectivity index is 4.18.